The van der Waals surface area contributed by atoms with Crippen molar-refractivity contribution in [2.45, 2.75) is 68.7 Å². The number of carbonyl (C=O) groups is 2. The molecule has 256 valence electrons. The number of benzene rings is 3. The third-order valence-electron chi connectivity index (χ3n) is 6.95. The second kappa shape index (κ2) is 14.7. The van der Waals surface area contributed by atoms with Gasteiger partial charge in [0.25, 0.3) is 11.9 Å². The fourth-order valence-electron chi connectivity index (χ4n) is 4.42. The van der Waals surface area contributed by atoms with Gasteiger partial charge in [-0.1, -0.05) is 37.8 Å². The predicted molar refractivity (Wildman–Crippen MR) is 186 cm³/mol. The topological polar surface area (TPSA) is 145 Å². The number of nitrogens with zero attached hydrogens (tertiary/aromatic N) is 2. The number of halogens is 1. The van der Waals surface area contributed by atoms with Crippen molar-refractivity contribution in [2.75, 3.05) is 24.4 Å². The average Bonchev–Trinajstić information content (AvgIpc) is 3.43. The van der Waals surface area contributed by atoms with E-state index in [0.29, 0.717) is 17.7 Å². The van der Waals surface area contributed by atoms with Crippen LogP contribution in [-0.2, 0) is 25.9 Å². The molecular weight excluding hydrogens is 654 g/mol. The van der Waals surface area contributed by atoms with E-state index in [9.17, 15) is 18.2 Å². The first-order valence-electron chi connectivity index (χ1n) is 15.2. The van der Waals surface area contributed by atoms with Gasteiger partial charge in [-0.15, -0.1) is 0 Å². The molecule has 1 unspecified atom stereocenters. The number of aromatic nitrogens is 2. The van der Waals surface area contributed by atoms with Crippen LogP contribution in [0, 0.1) is 10.6 Å². The first kappa shape index (κ1) is 36.3. The zero-order valence-electron chi connectivity index (χ0n) is 28.2. The number of rotatable bonds is 12. The molecule has 14 heteroatoms. The molecule has 0 aliphatic carbocycles. The van der Waals surface area contributed by atoms with Crippen LogP contribution < -0.4 is 15.4 Å². The Balaban J connectivity index is 1.55. The number of methoxy groups -OCH3 is 1. The van der Waals surface area contributed by atoms with Crippen LogP contribution in [0.25, 0.3) is 11.1 Å². The molecule has 1 atom stereocenters. The van der Waals surface area contributed by atoms with Gasteiger partial charge < -0.3 is 19.5 Å². The summed E-state index contributed by atoms with van der Waals surface area (Å²) in [6.07, 6.45) is 0.774. The smallest absolute Gasteiger partial charge is 0.412 e. The normalized spacial score (nSPS) is 13.0. The molecule has 1 heterocycles. The summed E-state index contributed by atoms with van der Waals surface area (Å²) in [7, 11) is -3.40. The Hall–Kier alpha value is -4.53. The number of ether oxygens (including phenoxy) is 3. The SMILES string of the molecule is COc1nc(S(=N)(=O)c2ccc(C(=O)Nc3cc(-c4ccc(F)cc4)ccc3NC(=O)OC(C)(C)C)cc2)cn1COCC[Si](C)(C)C. The minimum atomic E-state index is -3.56. The van der Waals surface area contributed by atoms with Gasteiger partial charge in [0.15, 0.2) is 5.03 Å². The van der Waals surface area contributed by atoms with Gasteiger partial charge in [-0.3, -0.25) is 14.7 Å². The molecule has 48 heavy (non-hydrogen) atoms. The third kappa shape index (κ3) is 9.75. The average molecular weight is 696 g/mol. The van der Waals surface area contributed by atoms with Gasteiger partial charge in [0.1, 0.15) is 27.9 Å². The Labute approximate surface area is 281 Å². The fraction of sp³-hybridized carbons (Fsp3) is 0.324. The maximum atomic E-state index is 13.7. The van der Waals surface area contributed by atoms with Crippen molar-refractivity contribution >= 4 is 41.2 Å². The molecule has 0 saturated heterocycles. The maximum Gasteiger partial charge on any atom is 0.412 e. The van der Waals surface area contributed by atoms with Crippen molar-refractivity contribution in [1.29, 1.82) is 4.78 Å². The summed E-state index contributed by atoms with van der Waals surface area (Å²) in [6.45, 7) is 12.7. The van der Waals surface area contributed by atoms with Gasteiger partial charge >= 0.3 is 6.09 Å². The predicted octanol–water partition coefficient (Wildman–Crippen LogP) is 8.07. The molecule has 11 nitrogen and oxygen atoms in total. The Morgan fingerprint density at radius 2 is 1.60 bits per heavy atom. The van der Waals surface area contributed by atoms with Crippen molar-refractivity contribution in [3.8, 4) is 17.1 Å². The molecule has 0 spiro atoms. The standard InChI is InChI=1S/C34H42FN5O6SSi/c1-34(2,3)46-33(42)38-28-17-12-25(23-8-13-26(35)14-9-23)20-29(28)37-31(41)24-10-15-27(16-11-24)47(36,43)30-21-40(32(39-30)44-4)22-45-18-19-48(5,6)7/h8-17,20-21,36H,18-19,22H2,1-7H3,(H,37,41)(H,38,42). The molecule has 3 N–H and O–H groups in total. The summed E-state index contributed by atoms with van der Waals surface area (Å²) in [5.74, 6) is -0.909. The van der Waals surface area contributed by atoms with Gasteiger partial charge in [-0.2, -0.15) is 4.98 Å². The lowest BCUT2D eigenvalue weighted by atomic mass is 10.0. The molecule has 3 aromatic carbocycles. The lowest BCUT2D eigenvalue weighted by Gasteiger charge is -2.21. The van der Waals surface area contributed by atoms with Crippen molar-refractivity contribution in [3.63, 3.8) is 0 Å². The maximum absolute atomic E-state index is 13.7. The molecular formula is C34H42FN5O6SSi. The van der Waals surface area contributed by atoms with E-state index in [2.05, 4.69) is 35.3 Å². The van der Waals surface area contributed by atoms with Crippen molar-refractivity contribution in [2.24, 2.45) is 0 Å². The highest BCUT2D eigenvalue weighted by molar-refractivity contribution is 7.92. The van der Waals surface area contributed by atoms with Gasteiger partial charge in [0.05, 0.1) is 23.4 Å². The molecule has 0 saturated carbocycles. The number of imidazole rings is 1. The van der Waals surface area contributed by atoms with Crippen LogP contribution >= 0.6 is 0 Å². The summed E-state index contributed by atoms with van der Waals surface area (Å²) in [4.78, 5) is 30.4. The highest BCUT2D eigenvalue weighted by Gasteiger charge is 2.22. The number of amides is 2. The number of carbonyl (C=O) groups excluding carboxylic acids is 2. The first-order chi connectivity index (χ1) is 22.4. The minimum absolute atomic E-state index is 0.000755. The highest BCUT2D eigenvalue weighted by Crippen LogP contribution is 2.31. The van der Waals surface area contributed by atoms with Crippen LogP contribution in [0.15, 0.2) is 82.8 Å². The van der Waals surface area contributed by atoms with E-state index in [1.165, 1.54) is 49.7 Å². The second-order valence-electron chi connectivity index (χ2n) is 13.3. The zero-order chi connectivity index (χ0) is 35.3. The van der Waals surface area contributed by atoms with Gasteiger partial charge in [0, 0.05) is 26.4 Å². The van der Waals surface area contributed by atoms with Crippen molar-refractivity contribution in [3.05, 3.63) is 84.3 Å². The van der Waals surface area contributed by atoms with Gasteiger partial charge in [-0.05, 0) is 86.5 Å². The van der Waals surface area contributed by atoms with E-state index in [-0.39, 0.29) is 45.4 Å². The molecule has 2 amide bonds. The molecule has 0 aliphatic heterocycles. The quantitative estimate of drug-likeness (QED) is 0.100. The van der Waals surface area contributed by atoms with Gasteiger partial charge in [0.2, 0.25) is 0 Å². The van der Waals surface area contributed by atoms with Crippen LogP contribution in [0.2, 0.25) is 25.7 Å². The number of anilines is 2. The van der Waals surface area contributed by atoms with Crippen LogP contribution in [0.3, 0.4) is 0 Å². The Morgan fingerprint density at radius 3 is 2.21 bits per heavy atom. The van der Waals surface area contributed by atoms with Crippen LogP contribution in [0.4, 0.5) is 20.6 Å². The lowest BCUT2D eigenvalue weighted by molar-refractivity contribution is 0.0635. The molecule has 4 rings (SSSR count). The fourth-order valence-corrected chi connectivity index (χ4v) is 6.42. The largest absolute Gasteiger partial charge is 0.468 e. The zero-order valence-corrected chi connectivity index (χ0v) is 30.0. The highest BCUT2D eigenvalue weighted by atomic mass is 32.2. The van der Waals surface area contributed by atoms with Crippen molar-refractivity contribution in [1.82, 2.24) is 9.55 Å². The molecule has 0 aliphatic rings. The minimum Gasteiger partial charge on any atom is -0.468 e. The molecule has 4 aromatic rings. The summed E-state index contributed by atoms with van der Waals surface area (Å²) in [5.41, 5.74) is 1.38. The Morgan fingerprint density at radius 1 is 0.958 bits per heavy atom. The lowest BCUT2D eigenvalue weighted by Crippen LogP contribution is -2.27. The summed E-state index contributed by atoms with van der Waals surface area (Å²) in [6, 6.07) is 17.8. The van der Waals surface area contributed by atoms with Crippen molar-refractivity contribution < 1.29 is 32.4 Å². The Kier molecular flexibility index (Phi) is 11.1. The molecule has 1 aromatic heterocycles. The summed E-state index contributed by atoms with van der Waals surface area (Å²) >= 11 is 0. The van der Waals surface area contributed by atoms with E-state index >= 15 is 0 Å². The molecule has 0 bridgehead atoms. The van der Waals surface area contributed by atoms with E-state index in [1.54, 1.807) is 55.7 Å². The van der Waals surface area contributed by atoms with E-state index < -0.39 is 35.4 Å². The van der Waals surface area contributed by atoms with Crippen LogP contribution in [-0.4, -0.2) is 53.2 Å². The second-order valence-corrected chi connectivity index (χ2v) is 20.9. The Bertz CT molecular complexity index is 1870. The third-order valence-corrected chi connectivity index (χ3v) is 10.4. The van der Waals surface area contributed by atoms with Crippen LogP contribution in [0.1, 0.15) is 31.1 Å². The number of hydrogen-bond donors (Lipinski definition) is 3. The molecule has 0 radical (unpaired) electrons. The van der Waals surface area contributed by atoms with Crippen LogP contribution in [0.5, 0.6) is 6.01 Å². The van der Waals surface area contributed by atoms with E-state index in [4.69, 9.17) is 19.0 Å². The summed E-state index contributed by atoms with van der Waals surface area (Å²) in [5, 5.41) is 5.48. The summed E-state index contributed by atoms with van der Waals surface area (Å²) < 4.78 is 54.0. The van der Waals surface area contributed by atoms with E-state index in [0.717, 1.165) is 6.04 Å². The molecule has 0 fully saturated rings. The first-order valence-corrected chi connectivity index (χ1v) is 20.5. The van der Waals surface area contributed by atoms with Gasteiger partial charge in [-0.25, -0.2) is 18.2 Å². The monoisotopic (exact) mass is 695 g/mol. The number of hydrogen-bond acceptors (Lipinski definition) is 8. The number of nitrogens with one attached hydrogen (secondary N) is 3. The van der Waals surface area contributed by atoms with E-state index in [1.807, 2.05) is 0 Å².